The number of rotatable bonds is 5. The highest BCUT2D eigenvalue weighted by Crippen LogP contribution is 2.17. The molecule has 1 fully saturated rings. The lowest BCUT2D eigenvalue weighted by molar-refractivity contribution is 0.0664. The topological polar surface area (TPSA) is 61.9 Å². The lowest BCUT2D eigenvalue weighted by Crippen LogP contribution is -2.47. The zero-order chi connectivity index (χ0) is 19.2. The molecule has 2 aromatic rings. The SMILES string of the molecule is CCOc1ccc(NC(=O)c2ccc(C(=O)N3CCN(C)CC3)cc2)cc1. The van der Waals surface area contributed by atoms with Crippen molar-refractivity contribution in [1.29, 1.82) is 0 Å². The van der Waals surface area contributed by atoms with E-state index in [0.29, 0.717) is 23.4 Å². The molecule has 142 valence electrons. The number of anilines is 1. The zero-order valence-corrected chi connectivity index (χ0v) is 15.8. The number of likely N-dealkylation sites (N-methyl/N-ethyl adjacent to an activating group) is 1. The van der Waals surface area contributed by atoms with Gasteiger partial charge >= 0.3 is 0 Å². The van der Waals surface area contributed by atoms with Crippen LogP contribution in [0.25, 0.3) is 0 Å². The summed E-state index contributed by atoms with van der Waals surface area (Å²) in [6, 6.07) is 14.0. The van der Waals surface area contributed by atoms with Crippen LogP contribution in [0.5, 0.6) is 5.75 Å². The van der Waals surface area contributed by atoms with Crippen LogP contribution in [0.1, 0.15) is 27.6 Å². The molecular formula is C21H25N3O3. The van der Waals surface area contributed by atoms with Gasteiger partial charge in [0.25, 0.3) is 11.8 Å². The molecular weight excluding hydrogens is 342 g/mol. The molecule has 1 saturated heterocycles. The van der Waals surface area contributed by atoms with Gasteiger partial charge in [0, 0.05) is 43.0 Å². The number of nitrogens with one attached hydrogen (secondary N) is 1. The molecule has 1 N–H and O–H groups in total. The van der Waals surface area contributed by atoms with Crippen molar-refractivity contribution in [3.05, 3.63) is 59.7 Å². The van der Waals surface area contributed by atoms with Crippen molar-refractivity contribution < 1.29 is 14.3 Å². The van der Waals surface area contributed by atoms with Crippen LogP contribution in [-0.4, -0.2) is 61.4 Å². The van der Waals surface area contributed by atoms with Crippen molar-refractivity contribution in [3.8, 4) is 5.75 Å². The van der Waals surface area contributed by atoms with Crippen LogP contribution >= 0.6 is 0 Å². The van der Waals surface area contributed by atoms with E-state index in [1.54, 1.807) is 36.4 Å². The minimum Gasteiger partial charge on any atom is -0.494 e. The third-order valence-corrected chi connectivity index (χ3v) is 4.61. The molecule has 2 amide bonds. The fourth-order valence-corrected chi connectivity index (χ4v) is 2.96. The Morgan fingerprint density at radius 1 is 0.926 bits per heavy atom. The molecule has 0 atom stereocenters. The second-order valence-electron chi connectivity index (χ2n) is 6.58. The number of amides is 2. The first kappa shape index (κ1) is 18.9. The fraction of sp³-hybridized carbons (Fsp3) is 0.333. The largest absolute Gasteiger partial charge is 0.494 e. The monoisotopic (exact) mass is 367 g/mol. The molecule has 6 heteroatoms. The minimum atomic E-state index is -0.210. The van der Waals surface area contributed by atoms with E-state index in [1.807, 2.05) is 24.0 Å². The minimum absolute atomic E-state index is 0.0153. The summed E-state index contributed by atoms with van der Waals surface area (Å²) in [5.74, 6) is 0.571. The first-order valence-electron chi connectivity index (χ1n) is 9.19. The van der Waals surface area contributed by atoms with Crippen LogP contribution in [0.15, 0.2) is 48.5 Å². The quantitative estimate of drug-likeness (QED) is 0.883. The number of ether oxygens (including phenoxy) is 1. The summed E-state index contributed by atoms with van der Waals surface area (Å²) < 4.78 is 5.39. The molecule has 2 aromatic carbocycles. The van der Waals surface area contributed by atoms with E-state index in [4.69, 9.17) is 4.74 Å². The molecule has 27 heavy (non-hydrogen) atoms. The van der Waals surface area contributed by atoms with Gasteiger partial charge in [0.05, 0.1) is 6.61 Å². The van der Waals surface area contributed by atoms with E-state index in [1.165, 1.54) is 0 Å². The van der Waals surface area contributed by atoms with Crippen LogP contribution in [0, 0.1) is 0 Å². The highest BCUT2D eigenvalue weighted by atomic mass is 16.5. The maximum absolute atomic E-state index is 12.6. The third-order valence-electron chi connectivity index (χ3n) is 4.61. The summed E-state index contributed by atoms with van der Waals surface area (Å²) in [4.78, 5) is 29.0. The Kier molecular flexibility index (Phi) is 6.08. The molecule has 0 bridgehead atoms. The predicted molar refractivity (Wildman–Crippen MR) is 105 cm³/mol. The summed E-state index contributed by atoms with van der Waals surface area (Å²) in [6.45, 7) is 5.76. The van der Waals surface area contributed by atoms with Crippen molar-refractivity contribution >= 4 is 17.5 Å². The van der Waals surface area contributed by atoms with E-state index in [0.717, 1.165) is 31.9 Å². The Bertz CT molecular complexity index is 779. The lowest BCUT2D eigenvalue weighted by atomic mass is 10.1. The Morgan fingerprint density at radius 2 is 1.52 bits per heavy atom. The molecule has 1 aliphatic heterocycles. The van der Waals surface area contributed by atoms with Gasteiger partial charge in [-0.15, -0.1) is 0 Å². The highest BCUT2D eigenvalue weighted by molar-refractivity contribution is 6.05. The maximum Gasteiger partial charge on any atom is 0.255 e. The number of carbonyl (C=O) groups is 2. The standard InChI is InChI=1S/C21H25N3O3/c1-3-27-19-10-8-18(9-11-19)22-20(25)16-4-6-17(7-5-16)21(26)24-14-12-23(2)13-15-24/h4-11H,3,12-15H2,1-2H3,(H,22,25). The molecule has 0 radical (unpaired) electrons. The number of nitrogens with zero attached hydrogens (tertiary/aromatic N) is 2. The maximum atomic E-state index is 12.6. The number of carbonyl (C=O) groups excluding carboxylic acids is 2. The predicted octanol–water partition coefficient (Wildman–Crippen LogP) is 2.73. The molecule has 0 saturated carbocycles. The lowest BCUT2D eigenvalue weighted by Gasteiger charge is -2.32. The molecule has 3 rings (SSSR count). The van der Waals surface area contributed by atoms with Crippen LogP contribution in [-0.2, 0) is 0 Å². The van der Waals surface area contributed by atoms with Gasteiger partial charge in [-0.05, 0) is 62.5 Å². The summed E-state index contributed by atoms with van der Waals surface area (Å²) >= 11 is 0. The first-order chi connectivity index (χ1) is 13.1. The Labute approximate surface area is 159 Å². The van der Waals surface area contributed by atoms with Crippen molar-refractivity contribution in [1.82, 2.24) is 9.80 Å². The van der Waals surface area contributed by atoms with Gasteiger partial charge in [0.2, 0.25) is 0 Å². The summed E-state index contributed by atoms with van der Waals surface area (Å²) in [5.41, 5.74) is 1.82. The van der Waals surface area contributed by atoms with Gasteiger partial charge in [0.1, 0.15) is 5.75 Å². The molecule has 0 aliphatic carbocycles. The summed E-state index contributed by atoms with van der Waals surface area (Å²) in [7, 11) is 2.06. The normalized spacial score (nSPS) is 14.7. The molecule has 6 nitrogen and oxygen atoms in total. The summed E-state index contributed by atoms with van der Waals surface area (Å²) in [5, 5.41) is 2.85. The van der Waals surface area contributed by atoms with E-state index in [-0.39, 0.29) is 11.8 Å². The molecule has 0 spiro atoms. The van der Waals surface area contributed by atoms with Gasteiger partial charge < -0.3 is 19.9 Å². The molecule has 1 heterocycles. The Hall–Kier alpha value is -2.86. The number of hydrogen-bond donors (Lipinski definition) is 1. The highest BCUT2D eigenvalue weighted by Gasteiger charge is 2.20. The van der Waals surface area contributed by atoms with Crippen LogP contribution in [0.4, 0.5) is 5.69 Å². The van der Waals surface area contributed by atoms with Crippen molar-refractivity contribution in [2.45, 2.75) is 6.92 Å². The van der Waals surface area contributed by atoms with Crippen molar-refractivity contribution in [2.75, 3.05) is 45.2 Å². The fourth-order valence-electron chi connectivity index (χ4n) is 2.96. The number of hydrogen-bond acceptors (Lipinski definition) is 4. The second-order valence-corrected chi connectivity index (χ2v) is 6.58. The molecule has 1 aliphatic rings. The van der Waals surface area contributed by atoms with E-state index >= 15 is 0 Å². The Morgan fingerprint density at radius 3 is 2.11 bits per heavy atom. The molecule has 0 aromatic heterocycles. The second kappa shape index (κ2) is 8.68. The van der Waals surface area contributed by atoms with Crippen LogP contribution < -0.4 is 10.1 Å². The van der Waals surface area contributed by atoms with Gasteiger partial charge in [-0.1, -0.05) is 0 Å². The van der Waals surface area contributed by atoms with E-state index in [2.05, 4.69) is 17.3 Å². The average Bonchev–Trinajstić information content (AvgIpc) is 2.70. The number of benzene rings is 2. The summed E-state index contributed by atoms with van der Waals surface area (Å²) in [6.07, 6.45) is 0. The van der Waals surface area contributed by atoms with Gasteiger partial charge in [-0.25, -0.2) is 0 Å². The first-order valence-corrected chi connectivity index (χ1v) is 9.19. The van der Waals surface area contributed by atoms with Crippen molar-refractivity contribution in [2.24, 2.45) is 0 Å². The van der Waals surface area contributed by atoms with Crippen molar-refractivity contribution in [3.63, 3.8) is 0 Å². The smallest absolute Gasteiger partial charge is 0.255 e. The number of piperazine rings is 1. The molecule has 0 unspecified atom stereocenters. The van der Waals surface area contributed by atoms with Crippen LogP contribution in [0.2, 0.25) is 0 Å². The van der Waals surface area contributed by atoms with Gasteiger partial charge in [0.15, 0.2) is 0 Å². The van der Waals surface area contributed by atoms with E-state index < -0.39 is 0 Å². The van der Waals surface area contributed by atoms with Gasteiger partial charge in [-0.2, -0.15) is 0 Å². The third kappa shape index (κ3) is 4.86. The zero-order valence-electron chi connectivity index (χ0n) is 15.8. The van der Waals surface area contributed by atoms with Gasteiger partial charge in [-0.3, -0.25) is 9.59 Å². The van der Waals surface area contributed by atoms with Crippen LogP contribution in [0.3, 0.4) is 0 Å². The Balaban J connectivity index is 1.60. The van der Waals surface area contributed by atoms with E-state index in [9.17, 15) is 9.59 Å². The average molecular weight is 367 g/mol.